The van der Waals surface area contributed by atoms with E-state index in [0.717, 1.165) is 16.8 Å². The molecule has 2 rings (SSSR count). The Bertz CT molecular complexity index is 614. The molecule has 19 heavy (non-hydrogen) atoms. The maximum atomic E-state index is 6.05. The lowest BCUT2D eigenvalue weighted by Crippen LogP contribution is -2.01. The second kappa shape index (κ2) is 5.91. The molecule has 0 saturated heterocycles. The Morgan fingerprint density at radius 2 is 1.74 bits per heavy atom. The maximum absolute atomic E-state index is 6.05. The van der Waals surface area contributed by atoms with Gasteiger partial charge in [0.1, 0.15) is 12.4 Å². The third-order valence-electron chi connectivity index (χ3n) is 2.85. The van der Waals surface area contributed by atoms with Gasteiger partial charge in [-0.3, -0.25) is 0 Å². The molecule has 0 aromatic heterocycles. The first-order valence-corrected chi connectivity index (χ1v) is 6.73. The summed E-state index contributed by atoms with van der Waals surface area (Å²) in [6.07, 6.45) is 0. The molecule has 0 spiro atoms. The molecule has 0 heterocycles. The molecule has 0 unspecified atom stereocenters. The minimum Gasteiger partial charge on any atom is -0.487 e. The zero-order chi connectivity index (χ0) is 14.0. The summed E-state index contributed by atoms with van der Waals surface area (Å²) < 4.78 is 5.66. The van der Waals surface area contributed by atoms with Crippen LogP contribution in [0.25, 0.3) is 0 Å². The second-order valence-corrected chi connectivity index (χ2v) is 5.34. The molecule has 0 bridgehead atoms. The lowest BCUT2D eigenvalue weighted by molar-refractivity contribution is 0.306. The van der Waals surface area contributed by atoms with Gasteiger partial charge in [0, 0.05) is 11.8 Å². The summed E-state index contributed by atoms with van der Waals surface area (Å²) in [5.74, 6) is 0.498. The summed E-state index contributed by atoms with van der Waals surface area (Å²) in [6, 6.07) is 8.86. The van der Waals surface area contributed by atoms with Crippen LogP contribution >= 0.6 is 34.8 Å². The van der Waals surface area contributed by atoms with Crippen molar-refractivity contribution in [2.24, 2.45) is 0 Å². The van der Waals surface area contributed by atoms with Gasteiger partial charge in [0.05, 0.1) is 15.1 Å². The van der Waals surface area contributed by atoms with Crippen LogP contribution in [0, 0.1) is 6.92 Å². The average molecular weight is 317 g/mol. The molecule has 100 valence electrons. The fourth-order valence-electron chi connectivity index (χ4n) is 1.63. The third kappa shape index (κ3) is 3.27. The maximum Gasteiger partial charge on any atom is 0.139 e. The summed E-state index contributed by atoms with van der Waals surface area (Å²) in [4.78, 5) is 0. The first-order chi connectivity index (χ1) is 8.99. The van der Waals surface area contributed by atoms with Crippen molar-refractivity contribution in [2.75, 3.05) is 5.73 Å². The van der Waals surface area contributed by atoms with E-state index in [4.69, 9.17) is 45.3 Å². The van der Waals surface area contributed by atoms with Crippen LogP contribution in [-0.4, -0.2) is 0 Å². The Labute approximate surface area is 127 Å². The van der Waals surface area contributed by atoms with Crippen molar-refractivity contribution in [2.45, 2.75) is 13.5 Å². The first-order valence-electron chi connectivity index (χ1n) is 5.60. The van der Waals surface area contributed by atoms with Crippen LogP contribution in [0.4, 0.5) is 5.69 Å². The van der Waals surface area contributed by atoms with E-state index >= 15 is 0 Å². The van der Waals surface area contributed by atoms with Crippen molar-refractivity contribution < 1.29 is 4.74 Å². The molecule has 2 aromatic rings. The molecule has 0 atom stereocenters. The van der Waals surface area contributed by atoms with Gasteiger partial charge in [0.2, 0.25) is 0 Å². The Hall–Kier alpha value is -1.09. The van der Waals surface area contributed by atoms with Crippen molar-refractivity contribution >= 4 is 40.5 Å². The normalized spacial score (nSPS) is 10.5. The van der Waals surface area contributed by atoms with Crippen molar-refractivity contribution in [1.82, 2.24) is 0 Å². The van der Waals surface area contributed by atoms with Crippen LogP contribution in [0.5, 0.6) is 5.75 Å². The predicted octanol–water partition coefficient (Wildman–Crippen LogP) is 5.12. The Balaban J connectivity index is 2.19. The quantitative estimate of drug-likeness (QED) is 0.630. The fraction of sp³-hybridized carbons (Fsp3) is 0.143. The zero-order valence-electron chi connectivity index (χ0n) is 10.2. The number of rotatable bonds is 3. The van der Waals surface area contributed by atoms with Crippen LogP contribution in [0.3, 0.4) is 0 Å². The van der Waals surface area contributed by atoms with Crippen LogP contribution in [0.1, 0.15) is 11.1 Å². The molecule has 0 radical (unpaired) electrons. The van der Waals surface area contributed by atoms with Crippen molar-refractivity contribution in [3.63, 3.8) is 0 Å². The summed E-state index contributed by atoms with van der Waals surface area (Å²) in [6.45, 7) is 2.32. The molecule has 0 aliphatic rings. The molecule has 5 heteroatoms. The number of nitrogen functional groups attached to an aromatic ring is 1. The van der Waals surface area contributed by atoms with E-state index in [2.05, 4.69) is 0 Å². The highest BCUT2D eigenvalue weighted by atomic mass is 35.5. The summed E-state index contributed by atoms with van der Waals surface area (Å²) in [5.41, 5.74) is 8.58. The molecule has 0 aliphatic heterocycles. The number of ether oxygens (including phenoxy) is 1. The van der Waals surface area contributed by atoms with Crippen LogP contribution < -0.4 is 10.5 Å². The lowest BCUT2D eigenvalue weighted by Gasteiger charge is -2.12. The predicted molar refractivity (Wildman–Crippen MR) is 81.4 cm³/mol. The number of hydrogen-bond donors (Lipinski definition) is 1. The number of anilines is 1. The van der Waals surface area contributed by atoms with Crippen molar-refractivity contribution in [3.8, 4) is 5.75 Å². The van der Waals surface area contributed by atoms with Crippen LogP contribution in [0.2, 0.25) is 15.1 Å². The molecule has 0 aliphatic carbocycles. The van der Waals surface area contributed by atoms with Gasteiger partial charge in [-0.1, -0.05) is 46.9 Å². The summed E-state index contributed by atoms with van der Waals surface area (Å²) in [5, 5.41) is 1.24. The third-order valence-corrected chi connectivity index (χ3v) is 3.86. The van der Waals surface area contributed by atoms with Gasteiger partial charge in [-0.05, 0) is 30.2 Å². The first kappa shape index (κ1) is 14.3. The average Bonchev–Trinajstić information content (AvgIpc) is 2.37. The minimum absolute atomic E-state index is 0.370. The van der Waals surface area contributed by atoms with E-state index in [9.17, 15) is 0 Å². The topological polar surface area (TPSA) is 35.2 Å². The smallest absolute Gasteiger partial charge is 0.139 e. The van der Waals surface area contributed by atoms with E-state index in [-0.39, 0.29) is 0 Å². The summed E-state index contributed by atoms with van der Waals surface area (Å²) >= 11 is 17.8. The SMILES string of the molecule is Cc1c(N)cccc1COc1cc(Cl)c(Cl)cc1Cl. The molecule has 2 N–H and O–H groups in total. The van der Waals surface area contributed by atoms with E-state index in [1.807, 2.05) is 25.1 Å². The van der Waals surface area contributed by atoms with Gasteiger partial charge in [0.25, 0.3) is 0 Å². The molecule has 0 fully saturated rings. The fourth-order valence-corrected chi connectivity index (χ4v) is 2.22. The summed E-state index contributed by atoms with van der Waals surface area (Å²) in [7, 11) is 0. The van der Waals surface area contributed by atoms with Gasteiger partial charge in [-0.25, -0.2) is 0 Å². The highest BCUT2D eigenvalue weighted by Gasteiger charge is 2.08. The molecule has 2 nitrogen and oxygen atoms in total. The van der Waals surface area contributed by atoms with Crippen molar-refractivity contribution in [1.29, 1.82) is 0 Å². The number of halogens is 3. The largest absolute Gasteiger partial charge is 0.487 e. The van der Waals surface area contributed by atoms with E-state index in [1.54, 1.807) is 12.1 Å². The molecule has 0 amide bonds. The Kier molecular flexibility index (Phi) is 4.46. The van der Waals surface area contributed by atoms with E-state index in [0.29, 0.717) is 27.4 Å². The van der Waals surface area contributed by atoms with Crippen LogP contribution in [-0.2, 0) is 6.61 Å². The van der Waals surface area contributed by atoms with Gasteiger partial charge in [0.15, 0.2) is 0 Å². The van der Waals surface area contributed by atoms with Crippen molar-refractivity contribution in [3.05, 3.63) is 56.5 Å². The molecular weight excluding hydrogens is 305 g/mol. The van der Waals surface area contributed by atoms with Crippen LogP contribution in [0.15, 0.2) is 30.3 Å². The molecular formula is C14H12Cl3NO. The Morgan fingerprint density at radius 3 is 2.47 bits per heavy atom. The molecule has 0 saturated carbocycles. The monoisotopic (exact) mass is 315 g/mol. The highest BCUT2D eigenvalue weighted by Crippen LogP contribution is 2.34. The Morgan fingerprint density at radius 1 is 1.05 bits per heavy atom. The minimum atomic E-state index is 0.370. The van der Waals surface area contributed by atoms with Gasteiger partial charge in [-0.15, -0.1) is 0 Å². The van der Waals surface area contributed by atoms with Gasteiger partial charge in [-0.2, -0.15) is 0 Å². The van der Waals surface area contributed by atoms with Gasteiger partial charge < -0.3 is 10.5 Å². The second-order valence-electron chi connectivity index (χ2n) is 4.12. The number of benzene rings is 2. The number of nitrogens with two attached hydrogens (primary N) is 1. The standard InChI is InChI=1S/C14H12Cl3NO/c1-8-9(3-2-4-13(8)18)7-19-14-6-11(16)10(15)5-12(14)17/h2-6H,7,18H2,1H3. The number of hydrogen-bond acceptors (Lipinski definition) is 2. The van der Waals surface area contributed by atoms with E-state index in [1.165, 1.54) is 0 Å². The zero-order valence-corrected chi connectivity index (χ0v) is 12.5. The highest BCUT2D eigenvalue weighted by molar-refractivity contribution is 6.43. The lowest BCUT2D eigenvalue weighted by atomic mass is 10.1. The van der Waals surface area contributed by atoms with Gasteiger partial charge >= 0.3 is 0 Å². The molecule has 2 aromatic carbocycles. The van der Waals surface area contributed by atoms with E-state index < -0.39 is 0 Å².